The summed E-state index contributed by atoms with van der Waals surface area (Å²) in [6, 6.07) is 11.9. The fraction of sp³-hybridized carbons (Fsp3) is 0.481. The van der Waals surface area contributed by atoms with E-state index in [1.54, 1.807) is 12.1 Å². The van der Waals surface area contributed by atoms with Crippen molar-refractivity contribution in [2.24, 2.45) is 5.92 Å². The molecule has 0 aliphatic heterocycles. The topological polar surface area (TPSA) is 52.7 Å². The van der Waals surface area contributed by atoms with Gasteiger partial charge in [0.2, 0.25) is 5.91 Å². The number of nitrogens with one attached hydrogen (secondary N) is 1. The lowest BCUT2D eigenvalue weighted by Crippen LogP contribution is -2.41. The zero-order chi connectivity index (χ0) is 23.4. The Morgan fingerprint density at radius 2 is 1.64 bits per heavy atom. The summed E-state index contributed by atoms with van der Waals surface area (Å²) in [6.07, 6.45) is 8.38. The normalized spacial score (nSPS) is 16.7. The average Bonchev–Trinajstić information content (AvgIpc) is 2.77. The quantitative estimate of drug-likeness (QED) is 0.596. The first kappa shape index (κ1) is 23.3. The number of hydrogen-bond acceptors (Lipinski definition) is 3. The van der Waals surface area contributed by atoms with Crippen molar-refractivity contribution in [2.75, 3.05) is 24.3 Å². The van der Waals surface area contributed by atoms with Gasteiger partial charge in [-0.25, -0.2) is 4.39 Å². The number of halogens is 1. The summed E-state index contributed by atoms with van der Waals surface area (Å²) in [6.45, 7) is 0.446. The highest BCUT2D eigenvalue weighted by Crippen LogP contribution is 2.31. The molecule has 0 atom stereocenters. The molecule has 2 fully saturated rings. The van der Waals surface area contributed by atoms with Gasteiger partial charge in [0, 0.05) is 49.5 Å². The smallest absolute Gasteiger partial charge is 0.254 e. The van der Waals surface area contributed by atoms with E-state index >= 15 is 0 Å². The predicted molar refractivity (Wildman–Crippen MR) is 130 cm³/mol. The molecule has 0 radical (unpaired) electrons. The summed E-state index contributed by atoms with van der Waals surface area (Å²) in [7, 11) is 3.97. The van der Waals surface area contributed by atoms with Gasteiger partial charge in [-0.05, 0) is 73.7 Å². The summed E-state index contributed by atoms with van der Waals surface area (Å²) in [5.74, 6) is -0.229. The summed E-state index contributed by atoms with van der Waals surface area (Å²) in [4.78, 5) is 30.0. The third-order valence-corrected chi connectivity index (χ3v) is 7.01. The van der Waals surface area contributed by atoms with Crippen LogP contribution in [-0.2, 0) is 11.3 Å². The SMILES string of the molecule is CN(C)c1ccc(NC(=O)C2CCC2)cc1CN(C(=O)c1ccc(F)cc1)C1CCCCC1. The van der Waals surface area contributed by atoms with Crippen molar-refractivity contribution >= 4 is 23.2 Å². The van der Waals surface area contributed by atoms with E-state index in [1.165, 1.54) is 18.6 Å². The second-order valence-corrected chi connectivity index (χ2v) is 9.59. The first-order valence-corrected chi connectivity index (χ1v) is 12.1. The third-order valence-electron chi connectivity index (χ3n) is 7.01. The molecule has 0 aromatic heterocycles. The number of anilines is 2. The standard InChI is InChI=1S/C27H34FN3O2/c1-30(2)25-16-15-23(29-26(32)19-7-6-8-19)17-21(25)18-31(24-9-4-3-5-10-24)27(33)20-11-13-22(28)14-12-20/h11-17,19,24H,3-10,18H2,1-2H3,(H,29,32). The first-order chi connectivity index (χ1) is 15.9. The van der Waals surface area contributed by atoms with Crippen LogP contribution < -0.4 is 10.2 Å². The molecule has 2 aliphatic carbocycles. The Kier molecular flexibility index (Phi) is 7.31. The summed E-state index contributed by atoms with van der Waals surface area (Å²) in [5.41, 5.74) is 3.28. The van der Waals surface area contributed by atoms with Crippen LogP contribution in [0.3, 0.4) is 0 Å². The average molecular weight is 452 g/mol. The molecule has 6 heteroatoms. The van der Waals surface area contributed by atoms with Crippen LogP contribution in [0.5, 0.6) is 0 Å². The number of carbonyl (C=O) groups is 2. The van der Waals surface area contributed by atoms with E-state index in [0.29, 0.717) is 12.1 Å². The number of nitrogens with zero attached hydrogens (tertiary/aromatic N) is 2. The minimum absolute atomic E-state index is 0.0736. The molecular formula is C27H34FN3O2. The Bertz CT molecular complexity index is 979. The van der Waals surface area contributed by atoms with Crippen LogP contribution >= 0.6 is 0 Å². The lowest BCUT2D eigenvalue weighted by atomic mass is 9.85. The van der Waals surface area contributed by atoms with Gasteiger partial charge in [-0.15, -0.1) is 0 Å². The van der Waals surface area contributed by atoms with Gasteiger partial charge in [0.05, 0.1) is 0 Å². The first-order valence-electron chi connectivity index (χ1n) is 12.1. The molecule has 176 valence electrons. The molecule has 0 spiro atoms. The van der Waals surface area contributed by atoms with Crippen LogP contribution in [0.1, 0.15) is 67.3 Å². The summed E-state index contributed by atoms with van der Waals surface area (Å²) < 4.78 is 13.5. The van der Waals surface area contributed by atoms with Gasteiger partial charge in [-0.2, -0.15) is 0 Å². The van der Waals surface area contributed by atoms with Gasteiger partial charge in [-0.3, -0.25) is 9.59 Å². The Labute approximate surface area is 196 Å². The van der Waals surface area contributed by atoms with E-state index in [4.69, 9.17) is 0 Å². The van der Waals surface area contributed by atoms with Crippen LogP contribution in [0.15, 0.2) is 42.5 Å². The molecule has 2 aliphatic rings. The van der Waals surface area contributed by atoms with Gasteiger partial charge in [0.1, 0.15) is 5.82 Å². The lowest BCUT2D eigenvalue weighted by molar-refractivity contribution is -0.122. The van der Waals surface area contributed by atoms with Crippen LogP contribution in [0.2, 0.25) is 0 Å². The highest BCUT2D eigenvalue weighted by molar-refractivity contribution is 5.95. The van der Waals surface area contributed by atoms with E-state index in [1.807, 2.05) is 42.1 Å². The van der Waals surface area contributed by atoms with E-state index < -0.39 is 0 Å². The maximum absolute atomic E-state index is 13.6. The maximum atomic E-state index is 13.6. The van der Waals surface area contributed by atoms with E-state index in [0.717, 1.165) is 61.9 Å². The van der Waals surface area contributed by atoms with Crippen molar-refractivity contribution in [2.45, 2.75) is 64.0 Å². The third kappa shape index (κ3) is 5.55. The Morgan fingerprint density at radius 3 is 2.24 bits per heavy atom. The summed E-state index contributed by atoms with van der Waals surface area (Å²) in [5, 5.41) is 3.07. The Balaban J connectivity index is 1.62. The van der Waals surface area contributed by atoms with Gasteiger partial charge in [0.15, 0.2) is 0 Å². The molecule has 2 saturated carbocycles. The van der Waals surface area contributed by atoms with Crippen LogP contribution in [-0.4, -0.2) is 36.9 Å². The minimum atomic E-state index is -0.347. The molecule has 0 bridgehead atoms. The second-order valence-electron chi connectivity index (χ2n) is 9.59. The molecule has 2 amide bonds. The monoisotopic (exact) mass is 451 g/mol. The molecule has 0 saturated heterocycles. The second kappa shape index (κ2) is 10.4. The number of carbonyl (C=O) groups excluding carboxylic acids is 2. The number of hydrogen-bond donors (Lipinski definition) is 1. The molecule has 1 N–H and O–H groups in total. The number of rotatable bonds is 7. The highest BCUT2D eigenvalue weighted by Gasteiger charge is 2.28. The van der Waals surface area contributed by atoms with Crippen molar-refractivity contribution in [3.8, 4) is 0 Å². The van der Waals surface area contributed by atoms with Crippen molar-refractivity contribution in [1.29, 1.82) is 0 Å². The molecule has 2 aromatic rings. The zero-order valence-electron chi connectivity index (χ0n) is 19.6. The van der Waals surface area contributed by atoms with Crippen LogP contribution in [0.25, 0.3) is 0 Å². The summed E-state index contributed by atoms with van der Waals surface area (Å²) >= 11 is 0. The van der Waals surface area contributed by atoms with Gasteiger partial charge >= 0.3 is 0 Å². The minimum Gasteiger partial charge on any atom is -0.377 e. The van der Waals surface area contributed by atoms with Crippen molar-refractivity contribution < 1.29 is 14.0 Å². The van der Waals surface area contributed by atoms with E-state index in [-0.39, 0.29) is 29.6 Å². The zero-order valence-corrected chi connectivity index (χ0v) is 19.6. The van der Waals surface area contributed by atoms with Crippen molar-refractivity contribution in [1.82, 2.24) is 4.90 Å². The molecule has 4 rings (SSSR count). The van der Waals surface area contributed by atoms with Crippen molar-refractivity contribution in [3.05, 3.63) is 59.4 Å². The van der Waals surface area contributed by atoms with Gasteiger partial charge in [-0.1, -0.05) is 25.7 Å². The number of benzene rings is 2. The largest absolute Gasteiger partial charge is 0.377 e. The van der Waals surface area contributed by atoms with Crippen LogP contribution in [0, 0.1) is 11.7 Å². The molecule has 5 nitrogen and oxygen atoms in total. The molecule has 2 aromatic carbocycles. The van der Waals surface area contributed by atoms with Crippen molar-refractivity contribution in [3.63, 3.8) is 0 Å². The fourth-order valence-corrected chi connectivity index (χ4v) is 4.84. The van der Waals surface area contributed by atoms with E-state index in [9.17, 15) is 14.0 Å². The molecule has 0 heterocycles. The lowest BCUT2D eigenvalue weighted by Gasteiger charge is -2.35. The Hall–Kier alpha value is -2.89. The molecule has 33 heavy (non-hydrogen) atoms. The highest BCUT2D eigenvalue weighted by atomic mass is 19.1. The maximum Gasteiger partial charge on any atom is 0.254 e. The fourth-order valence-electron chi connectivity index (χ4n) is 4.84. The predicted octanol–water partition coefficient (Wildman–Crippen LogP) is 5.61. The van der Waals surface area contributed by atoms with Crippen LogP contribution in [0.4, 0.5) is 15.8 Å². The van der Waals surface area contributed by atoms with Gasteiger partial charge in [0.25, 0.3) is 5.91 Å². The van der Waals surface area contributed by atoms with Gasteiger partial charge < -0.3 is 15.1 Å². The van der Waals surface area contributed by atoms with E-state index in [2.05, 4.69) is 5.32 Å². The molecule has 0 unspecified atom stereocenters. The number of amides is 2. The Morgan fingerprint density at radius 1 is 0.939 bits per heavy atom. The molecular weight excluding hydrogens is 417 g/mol.